The van der Waals surface area contributed by atoms with Gasteiger partial charge in [0.25, 0.3) is 0 Å². The first kappa shape index (κ1) is 23.1. The van der Waals surface area contributed by atoms with Gasteiger partial charge >= 0.3 is 5.97 Å². The monoisotopic (exact) mass is 371 g/mol. The van der Waals surface area contributed by atoms with E-state index in [1.54, 1.807) is 12.4 Å². The van der Waals surface area contributed by atoms with Crippen LogP contribution in [0, 0.1) is 0 Å². The van der Waals surface area contributed by atoms with Gasteiger partial charge in [0, 0.05) is 24.0 Å². The number of allylic oxidation sites excluding steroid dienone is 3. The minimum absolute atomic E-state index is 0.273. The summed E-state index contributed by atoms with van der Waals surface area (Å²) >= 11 is 0. The molecule has 27 heavy (non-hydrogen) atoms. The Hall–Kier alpha value is -1.90. The molecule has 3 nitrogen and oxygen atoms in total. The summed E-state index contributed by atoms with van der Waals surface area (Å²) in [4.78, 5) is 15.6. The molecule has 1 aromatic rings. The predicted molar refractivity (Wildman–Crippen MR) is 113 cm³/mol. The summed E-state index contributed by atoms with van der Waals surface area (Å²) in [7, 11) is 0. The highest BCUT2D eigenvalue weighted by Crippen LogP contribution is 2.10. The largest absolute Gasteiger partial charge is 0.458 e. The van der Waals surface area contributed by atoms with Crippen LogP contribution in [0.4, 0.5) is 0 Å². The number of unbranched alkanes of at least 4 members (excludes halogenated alkanes) is 10. The first-order chi connectivity index (χ1) is 13.3. The van der Waals surface area contributed by atoms with Crippen molar-refractivity contribution in [2.45, 2.75) is 90.6 Å². The summed E-state index contributed by atoms with van der Waals surface area (Å²) in [6.45, 7) is 2.54. The molecule has 150 valence electrons. The van der Waals surface area contributed by atoms with E-state index in [0.717, 1.165) is 18.4 Å². The molecule has 0 aliphatic rings. The number of esters is 1. The topological polar surface area (TPSA) is 39.2 Å². The molecule has 0 aliphatic carbocycles. The Morgan fingerprint density at radius 2 is 1.59 bits per heavy atom. The van der Waals surface area contributed by atoms with Crippen molar-refractivity contribution < 1.29 is 9.53 Å². The zero-order valence-electron chi connectivity index (χ0n) is 17.1. The number of hydrogen-bond donors (Lipinski definition) is 0. The van der Waals surface area contributed by atoms with Gasteiger partial charge in [0.2, 0.25) is 0 Å². The van der Waals surface area contributed by atoms with Crippen LogP contribution in [-0.4, -0.2) is 11.0 Å². The summed E-state index contributed by atoms with van der Waals surface area (Å²) in [5.41, 5.74) is 0.902. The molecular weight excluding hydrogens is 334 g/mol. The number of hydrogen-bond acceptors (Lipinski definition) is 3. The molecule has 0 fully saturated rings. The van der Waals surface area contributed by atoms with Crippen LogP contribution in [0.3, 0.4) is 0 Å². The molecule has 0 amide bonds. The fourth-order valence-corrected chi connectivity index (χ4v) is 2.87. The molecule has 1 rings (SSSR count). The van der Waals surface area contributed by atoms with E-state index in [1.807, 2.05) is 18.2 Å². The fourth-order valence-electron chi connectivity index (χ4n) is 2.87. The molecule has 0 atom stereocenters. The van der Waals surface area contributed by atoms with Crippen molar-refractivity contribution in [3.05, 3.63) is 54.4 Å². The van der Waals surface area contributed by atoms with E-state index in [1.165, 1.54) is 70.3 Å². The Bertz CT molecular complexity index is 522. The smallest absolute Gasteiger partial charge is 0.330 e. The lowest BCUT2D eigenvalue weighted by Gasteiger charge is -2.01. The number of pyridine rings is 1. The van der Waals surface area contributed by atoms with E-state index in [4.69, 9.17) is 4.74 Å². The quantitative estimate of drug-likeness (QED) is 0.137. The van der Waals surface area contributed by atoms with E-state index in [2.05, 4.69) is 24.1 Å². The molecule has 0 saturated heterocycles. The zero-order valence-corrected chi connectivity index (χ0v) is 17.1. The third-order valence-electron chi connectivity index (χ3n) is 4.50. The SMILES string of the molecule is CCCCCCCCCCC/C=C\CC/C=C\C(=O)OCc1cccnc1. The lowest BCUT2D eigenvalue weighted by atomic mass is 10.1. The van der Waals surface area contributed by atoms with Crippen LogP contribution in [0.5, 0.6) is 0 Å². The molecule has 0 unspecified atom stereocenters. The third-order valence-corrected chi connectivity index (χ3v) is 4.50. The maximum atomic E-state index is 11.6. The first-order valence-electron chi connectivity index (χ1n) is 10.7. The van der Waals surface area contributed by atoms with Crippen molar-refractivity contribution in [3.8, 4) is 0 Å². The summed E-state index contributed by atoms with van der Waals surface area (Å²) in [6.07, 6.45) is 26.7. The molecule has 0 bridgehead atoms. The second-order valence-corrected chi connectivity index (χ2v) is 7.04. The van der Waals surface area contributed by atoms with E-state index >= 15 is 0 Å². The number of rotatable bonds is 16. The van der Waals surface area contributed by atoms with Crippen molar-refractivity contribution in [2.24, 2.45) is 0 Å². The van der Waals surface area contributed by atoms with Gasteiger partial charge in [-0.15, -0.1) is 0 Å². The molecule has 1 heterocycles. The van der Waals surface area contributed by atoms with Crippen LogP contribution in [0.15, 0.2) is 48.8 Å². The Balaban J connectivity index is 1.89. The Morgan fingerprint density at radius 1 is 0.926 bits per heavy atom. The van der Waals surface area contributed by atoms with Gasteiger partial charge in [0.15, 0.2) is 0 Å². The lowest BCUT2D eigenvalue weighted by molar-refractivity contribution is -0.139. The molecule has 1 aromatic heterocycles. The number of ether oxygens (including phenoxy) is 1. The van der Waals surface area contributed by atoms with Gasteiger partial charge in [-0.2, -0.15) is 0 Å². The average Bonchev–Trinajstić information content (AvgIpc) is 2.70. The van der Waals surface area contributed by atoms with Gasteiger partial charge in [-0.3, -0.25) is 4.98 Å². The van der Waals surface area contributed by atoms with Gasteiger partial charge in [0.05, 0.1) is 0 Å². The molecule has 0 saturated carbocycles. The third kappa shape index (κ3) is 14.9. The van der Waals surface area contributed by atoms with Crippen LogP contribution in [0.2, 0.25) is 0 Å². The Kier molecular flexibility index (Phi) is 15.0. The van der Waals surface area contributed by atoms with E-state index < -0.39 is 0 Å². The average molecular weight is 372 g/mol. The molecule has 0 aromatic carbocycles. The zero-order chi connectivity index (χ0) is 19.4. The highest BCUT2D eigenvalue weighted by molar-refractivity contribution is 5.81. The highest BCUT2D eigenvalue weighted by atomic mass is 16.5. The molecule has 3 heteroatoms. The molecular formula is C24H37NO2. The standard InChI is InChI=1S/C24H37NO2/c1-2-3-4-5-6-7-8-9-10-11-12-13-14-15-16-19-24(26)27-22-23-18-17-20-25-21-23/h12-13,16-21H,2-11,14-15,22H2,1H3/b13-12-,19-16-. The van der Waals surface area contributed by atoms with Crippen LogP contribution in [-0.2, 0) is 16.1 Å². The second-order valence-electron chi connectivity index (χ2n) is 7.04. The van der Waals surface area contributed by atoms with Crippen LogP contribution in [0.1, 0.15) is 89.5 Å². The van der Waals surface area contributed by atoms with Crippen LogP contribution < -0.4 is 0 Å². The number of carbonyl (C=O) groups is 1. The summed E-state index contributed by atoms with van der Waals surface area (Å²) in [5, 5.41) is 0. The van der Waals surface area contributed by atoms with Crippen molar-refractivity contribution >= 4 is 5.97 Å². The fraction of sp³-hybridized carbons (Fsp3) is 0.583. The van der Waals surface area contributed by atoms with Gasteiger partial charge in [-0.1, -0.05) is 82.6 Å². The maximum absolute atomic E-state index is 11.6. The van der Waals surface area contributed by atoms with E-state index in [0.29, 0.717) is 0 Å². The number of carbonyl (C=O) groups excluding carboxylic acids is 1. The molecule has 0 spiro atoms. The van der Waals surface area contributed by atoms with Crippen molar-refractivity contribution in [2.75, 3.05) is 0 Å². The predicted octanol–water partition coefficient (Wildman–Crippen LogP) is 6.94. The van der Waals surface area contributed by atoms with Crippen molar-refractivity contribution in [1.29, 1.82) is 0 Å². The number of nitrogens with zero attached hydrogens (tertiary/aromatic N) is 1. The lowest BCUT2D eigenvalue weighted by Crippen LogP contribution is -2.00. The minimum Gasteiger partial charge on any atom is -0.458 e. The minimum atomic E-state index is -0.294. The van der Waals surface area contributed by atoms with Crippen molar-refractivity contribution in [3.63, 3.8) is 0 Å². The van der Waals surface area contributed by atoms with Gasteiger partial charge in [-0.05, 0) is 31.7 Å². The normalized spacial score (nSPS) is 11.4. The van der Waals surface area contributed by atoms with Gasteiger partial charge in [0.1, 0.15) is 6.61 Å². The van der Waals surface area contributed by atoms with Gasteiger partial charge < -0.3 is 4.74 Å². The molecule has 0 N–H and O–H groups in total. The summed E-state index contributed by atoms with van der Waals surface area (Å²) in [6, 6.07) is 3.72. The van der Waals surface area contributed by atoms with Crippen LogP contribution >= 0.6 is 0 Å². The Labute approximate surface area is 165 Å². The summed E-state index contributed by atoms with van der Waals surface area (Å²) < 4.78 is 5.16. The second kappa shape index (κ2) is 17.5. The first-order valence-corrected chi connectivity index (χ1v) is 10.7. The molecule has 0 aliphatic heterocycles. The van der Waals surface area contributed by atoms with Gasteiger partial charge in [-0.25, -0.2) is 4.79 Å². The maximum Gasteiger partial charge on any atom is 0.330 e. The number of aromatic nitrogens is 1. The molecule has 0 radical (unpaired) electrons. The Morgan fingerprint density at radius 3 is 2.30 bits per heavy atom. The van der Waals surface area contributed by atoms with Crippen LogP contribution in [0.25, 0.3) is 0 Å². The highest BCUT2D eigenvalue weighted by Gasteiger charge is 1.97. The van der Waals surface area contributed by atoms with Crippen molar-refractivity contribution in [1.82, 2.24) is 4.98 Å². The summed E-state index contributed by atoms with van der Waals surface area (Å²) in [5.74, 6) is -0.294. The van der Waals surface area contributed by atoms with E-state index in [-0.39, 0.29) is 12.6 Å². The van der Waals surface area contributed by atoms with E-state index in [9.17, 15) is 4.79 Å².